The van der Waals surface area contributed by atoms with Crippen LogP contribution in [-0.4, -0.2) is 59.2 Å². The van der Waals surface area contributed by atoms with Crippen LogP contribution in [0.2, 0.25) is 0 Å². The van der Waals surface area contributed by atoms with Gasteiger partial charge in [-0.25, -0.2) is 0 Å². The molecule has 1 unspecified atom stereocenters. The van der Waals surface area contributed by atoms with Crippen molar-refractivity contribution in [3.8, 4) is 0 Å². The highest BCUT2D eigenvalue weighted by Gasteiger charge is 2.36. The highest BCUT2D eigenvalue weighted by atomic mass is 16.5. The van der Waals surface area contributed by atoms with Gasteiger partial charge < -0.3 is 24.6 Å². The first-order valence-electron chi connectivity index (χ1n) is 6.28. The van der Waals surface area contributed by atoms with E-state index in [4.69, 9.17) is 14.4 Å². The maximum atomic E-state index is 12.3. The van der Waals surface area contributed by atoms with Gasteiger partial charge in [0.15, 0.2) is 11.5 Å². The number of aliphatic carboxylic acids is 1. The van der Waals surface area contributed by atoms with E-state index in [-0.39, 0.29) is 25.4 Å². The molecule has 0 spiro atoms. The van der Waals surface area contributed by atoms with E-state index >= 15 is 0 Å². The molecule has 1 aromatic heterocycles. The summed E-state index contributed by atoms with van der Waals surface area (Å²) in [5, 5.41) is 15.0. The second kappa shape index (κ2) is 6.35. The minimum atomic E-state index is -1.16. The van der Waals surface area contributed by atoms with Gasteiger partial charge in [0.25, 0.3) is 5.91 Å². The topological polar surface area (TPSA) is 122 Å². The molecule has 9 heteroatoms. The predicted molar refractivity (Wildman–Crippen MR) is 67.3 cm³/mol. The molecule has 2 heterocycles. The van der Waals surface area contributed by atoms with Crippen LogP contribution in [0.4, 0.5) is 0 Å². The number of hydrogen-bond donors (Lipinski definition) is 2. The molecule has 1 aliphatic rings. The number of carboxylic acid groups (broad SMARTS) is 1. The molecule has 2 N–H and O–H groups in total. The van der Waals surface area contributed by atoms with Crippen LogP contribution in [0.1, 0.15) is 22.7 Å². The number of aromatic nitrogens is 1. The number of piperazine rings is 1. The van der Waals surface area contributed by atoms with Crippen molar-refractivity contribution in [3.63, 3.8) is 0 Å². The van der Waals surface area contributed by atoms with Gasteiger partial charge in [-0.1, -0.05) is 5.16 Å². The fourth-order valence-electron chi connectivity index (χ4n) is 2.10. The summed E-state index contributed by atoms with van der Waals surface area (Å²) >= 11 is 0. The number of rotatable bonds is 5. The van der Waals surface area contributed by atoms with E-state index in [9.17, 15) is 14.4 Å². The van der Waals surface area contributed by atoms with Crippen LogP contribution in [0, 0.1) is 0 Å². The van der Waals surface area contributed by atoms with Crippen LogP contribution < -0.4 is 5.32 Å². The van der Waals surface area contributed by atoms with E-state index in [1.165, 1.54) is 18.1 Å². The molecular formula is C12H15N3O6. The largest absolute Gasteiger partial charge is 0.481 e. The van der Waals surface area contributed by atoms with Gasteiger partial charge in [-0.15, -0.1) is 0 Å². The number of carbonyl (C=O) groups excluding carboxylic acids is 2. The average Bonchev–Trinajstić information content (AvgIpc) is 2.89. The molecule has 2 amide bonds. The zero-order valence-electron chi connectivity index (χ0n) is 11.4. The zero-order chi connectivity index (χ0) is 15.4. The van der Waals surface area contributed by atoms with Crippen molar-refractivity contribution < 1.29 is 28.8 Å². The van der Waals surface area contributed by atoms with E-state index in [1.54, 1.807) is 0 Å². The van der Waals surface area contributed by atoms with Gasteiger partial charge in [0.05, 0.1) is 6.42 Å². The molecule has 9 nitrogen and oxygen atoms in total. The minimum absolute atomic E-state index is 0.0205. The van der Waals surface area contributed by atoms with Gasteiger partial charge in [0.2, 0.25) is 5.91 Å². The molecule has 0 saturated carbocycles. The Morgan fingerprint density at radius 2 is 2.38 bits per heavy atom. The number of methoxy groups -OCH3 is 1. The van der Waals surface area contributed by atoms with E-state index in [1.807, 2.05) is 0 Å². The lowest BCUT2D eigenvalue weighted by Crippen LogP contribution is -2.57. The number of nitrogens with zero attached hydrogens (tertiary/aromatic N) is 2. The summed E-state index contributed by atoms with van der Waals surface area (Å²) in [7, 11) is 1.47. The monoisotopic (exact) mass is 297 g/mol. The number of nitrogens with one attached hydrogen (secondary N) is 1. The van der Waals surface area contributed by atoms with Crippen LogP contribution in [0.25, 0.3) is 0 Å². The first-order chi connectivity index (χ1) is 10.0. The van der Waals surface area contributed by atoms with Crippen LogP contribution in [0.5, 0.6) is 0 Å². The van der Waals surface area contributed by atoms with E-state index in [0.29, 0.717) is 5.76 Å². The zero-order valence-corrected chi connectivity index (χ0v) is 11.4. The molecule has 2 rings (SSSR count). The van der Waals surface area contributed by atoms with E-state index in [2.05, 4.69) is 10.5 Å². The van der Waals surface area contributed by atoms with Crippen LogP contribution >= 0.6 is 0 Å². The Morgan fingerprint density at radius 1 is 1.62 bits per heavy atom. The van der Waals surface area contributed by atoms with Crippen LogP contribution in [0.3, 0.4) is 0 Å². The lowest BCUT2D eigenvalue weighted by atomic mass is 10.1. The van der Waals surface area contributed by atoms with Gasteiger partial charge in [-0.2, -0.15) is 0 Å². The third-order valence-corrected chi connectivity index (χ3v) is 3.02. The average molecular weight is 297 g/mol. The van der Waals surface area contributed by atoms with Crippen molar-refractivity contribution in [3.05, 3.63) is 17.5 Å². The molecule has 0 aromatic carbocycles. The molecule has 0 bridgehead atoms. The molecule has 0 aliphatic carbocycles. The van der Waals surface area contributed by atoms with Crippen LogP contribution in [-0.2, 0) is 20.9 Å². The molecule has 1 fully saturated rings. The van der Waals surface area contributed by atoms with Gasteiger partial charge in [0, 0.05) is 26.3 Å². The predicted octanol–water partition coefficient (Wildman–Crippen LogP) is -0.764. The molecule has 1 atom stereocenters. The number of ether oxygens (including phenoxy) is 1. The van der Waals surface area contributed by atoms with Gasteiger partial charge in [0.1, 0.15) is 12.6 Å². The minimum Gasteiger partial charge on any atom is -0.481 e. The maximum absolute atomic E-state index is 12.3. The smallest absolute Gasteiger partial charge is 0.305 e. The first kappa shape index (κ1) is 15.0. The summed E-state index contributed by atoms with van der Waals surface area (Å²) in [5.41, 5.74) is 0.0205. The summed E-state index contributed by atoms with van der Waals surface area (Å²) in [6.45, 7) is 0.651. The summed E-state index contributed by atoms with van der Waals surface area (Å²) in [5.74, 6) is -1.81. The van der Waals surface area contributed by atoms with Gasteiger partial charge >= 0.3 is 5.97 Å². The number of carboxylic acids is 1. The Kier molecular flexibility index (Phi) is 4.53. The van der Waals surface area contributed by atoms with Crippen molar-refractivity contribution in [2.24, 2.45) is 0 Å². The fraction of sp³-hybridized carbons (Fsp3) is 0.500. The van der Waals surface area contributed by atoms with Crippen molar-refractivity contribution in [2.45, 2.75) is 19.1 Å². The van der Waals surface area contributed by atoms with E-state index in [0.717, 1.165) is 0 Å². The Balaban J connectivity index is 2.17. The fourth-order valence-corrected chi connectivity index (χ4v) is 2.10. The van der Waals surface area contributed by atoms with Crippen molar-refractivity contribution in [1.29, 1.82) is 0 Å². The standard InChI is InChI=1S/C12H15N3O6/c1-20-6-7-4-8(14-21-7)12(19)15-3-2-13-11(18)9(15)5-10(16)17/h4,9H,2-3,5-6H2,1H3,(H,13,18)(H,16,17). The van der Waals surface area contributed by atoms with Crippen molar-refractivity contribution in [1.82, 2.24) is 15.4 Å². The third kappa shape index (κ3) is 3.37. The Bertz CT molecular complexity index is 555. The Labute approximate surface area is 119 Å². The first-order valence-corrected chi connectivity index (χ1v) is 6.28. The third-order valence-electron chi connectivity index (χ3n) is 3.02. The molecule has 114 valence electrons. The summed E-state index contributed by atoms with van der Waals surface area (Å²) in [6, 6.07) is 0.363. The number of carbonyl (C=O) groups is 3. The lowest BCUT2D eigenvalue weighted by Gasteiger charge is -2.33. The Morgan fingerprint density at radius 3 is 3.05 bits per heavy atom. The van der Waals surface area contributed by atoms with E-state index < -0.39 is 30.2 Å². The second-order valence-electron chi connectivity index (χ2n) is 4.51. The second-order valence-corrected chi connectivity index (χ2v) is 4.51. The highest BCUT2D eigenvalue weighted by molar-refractivity contribution is 5.98. The molecule has 21 heavy (non-hydrogen) atoms. The van der Waals surface area contributed by atoms with Crippen LogP contribution in [0.15, 0.2) is 10.6 Å². The maximum Gasteiger partial charge on any atom is 0.305 e. The molecule has 1 aliphatic heterocycles. The number of hydrogen-bond acceptors (Lipinski definition) is 6. The number of amides is 2. The lowest BCUT2D eigenvalue weighted by molar-refractivity contribution is -0.142. The summed E-state index contributed by atoms with van der Waals surface area (Å²) in [6.07, 6.45) is -0.458. The van der Waals surface area contributed by atoms with Gasteiger partial charge in [-0.3, -0.25) is 14.4 Å². The summed E-state index contributed by atoms with van der Waals surface area (Å²) in [4.78, 5) is 36.1. The van der Waals surface area contributed by atoms with Gasteiger partial charge in [-0.05, 0) is 0 Å². The normalized spacial score (nSPS) is 18.4. The molecule has 1 aromatic rings. The van der Waals surface area contributed by atoms with Crippen molar-refractivity contribution >= 4 is 17.8 Å². The SMILES string of the molecule is COCc1cc(C(=O)N2CCNC(=O)C2CC(=O)O)no1. The molecular weight excluding hydrogens is 282 g/mol. The molecule has 1 saturated heterocycles. The summed E-state index contributed by atoms with van der Waals surface area (Å²) < 4.78 is 9.78. The molecule has 0 radical (unpaired) electrons. The quantitative estimate of drug-likeness (QED) is 0.732. The highest BCUT2D eigenvalue weighted by Crippen LogP contribution is 2.14. The van der Waals surface area contributed by atoms with Crippen molar-refractivity contribution in [2.75, 3.05) is 20.2 Å². The Hall–Kier alpha value is -2.42.